The van der Waals surface area contributed by atoms with Gasteiger partial charge in [-0.15, -0.1) is 0 Å². The van der Waals surface area contributed by atoms with Gasteiger partial charge in [0.25, 0.3) is 5.91 Å². The van der Waals surface area contributed by atoms with Crippen LogP contribution in [0.1, 0.15) is 42.3 Å². The number of carbonyl (C=O) groups excluding carboxylic acids is 2. The van der Waals surface area contributed by atoms with Crippen LogP contribution in [0, 0.1) is 0 Å². The van der Waals surface area contributed by atoms with Crippen LogP contribution in [0.15, 0.2) is 42.5 Å². The second-order valence-corrected chi connectivity index (χ2v) is 8.70. The third-order valence-corrected chi connectivity index (χ3v) is 4.58. The number of nitrogens with one attached hydrogen (secondary N) is 1. The molecule has 0 fully saturated rings. The van der Waals surface area contributed by atoms with Gasteiger partial charge in [-0.1, -0.05) is 23.7 Å². The van der Waals surface area contributed by atoms with E-state index in [-0.39, 0.29) is 36.4 Å². The molecule has 6 nitrogen and oxygen atoms in total. The van der Waals surface area contributed by atoms with Crippen molar-refractivity contribution in [2.75, 3.05) is 20.1 Å². The Bertz CT molecular complexity index is 990. The van der Waals surface area contributed by atoms with Gasteiger partial charge >= 0.3 is 12.3 Å². The Morgan fingerprint density at radius 2 is 1.79 bits per heavy atom. The zero-order valence-electron chi connectivity index (χ0n) is 18.8. The minimum atomic E-state index is -4.49. The molecule has 0 spiro atoms. The fourth-order valence-electron chi connectivity index (χ4n) is 2.63. The lowest BCUT2D eigenvalue weighted by Gasteiger charge is -2.24. The maximum atomic E-state index is 12.7. The van der Waals surface area contributed by atoms with Crippen LogP contribution in [0.4, 0.5) is 18.0 Å². The molecule has 2 rings (SSSR count). The molecule has 2 aromatic carbocycles. The number of alkyl halides is 3. The highest BCUT2D eigenvalue weighted by Crippen LogP contribution is 2.34. The van der Waals surface area contributed by atoms with Crippen LogP contribution >= 0.6 is 11.6 Å². The fourth-order valence-corrected chi connectivity index (χ4v) is 2.86. The SMILES string of the molecule is CN(CCNC(=O)c1cccc(COc2ccc(C(F)(F)F)cc2Cl)c1)C(=O)OC(C)(C)C. The lowest BCUT2D eigenvalue weighted by Crippen LogP contribution is -2.39. The van der Waals surface area contributed by atoms with Gasteiger partial charge in [0.05, 0.1) is 10.6 Å². The first-order valence-electron chi connectivity index (χ1n) is 10.1. The molecule has 0 aliphatic carbocycles. The monoisotopic (exact) mass is 486 g/mol. The van der Waals surface area contributed by atoms with E-state index < -0.39 is 23.4 Å². The number of hydrogen-bond donors (Lipinski definition) is 1. The van der Waals surface area contributed by atoms with Gasteiger partial charge in [0, 0.05) is 25.7 Å². The Hall–Kier alpha value is -2.94. The average molecular weight is 487 g/mol. The van der Waals surface area contributed by atoms with Gasteiger partial charge in [0.2, 0.25) is 0 Å². The smallest absolute Gasteiger partial charge is 0.416 e. The van der Waals surface area contributed by atoms with Crippen LogP contribution in [-0.2, 0) is 17.5 Å². The number of halogens is 4. The number of ether oxygens (including phenoxy) is 2. The van der Waals surface area contributed by atoms with E-state index in [1.165, 1.54) is 4.90 Å². The second-order valence-electron chi connectivity index (χ2n) is 8.29. The Morgan fingerprint density at radius 3 is 2.39 bits per heavy atom. The van der Waals surface area contributed by atoms with Gasteiger partial charge in [-0.3, -0.25) is 4.79 Å². The number of carbonyl (C=O) groups is 2. The van der Waals surface area contributed by atoms with Gasteiger partial charge in [0.1, 0.15) is 18.0 Å². The standard InChI is InChI=1S/C23H26ClF3N2O4/c1-22(2,3)33-21(31)29(4)11-10-28-20(30)16-7-5-6-15(12-16)14-32-19-9-8-17(13-18(19)24)23(25,26)27/h5-9,12-13H,10-11,14H2,1-4H3,(H,28,30). The first kappa shape index (κ1) is 26.3. The maximum Gasteiger partial charge on any atom is 0.416 e. The van der Waals surface area contributed by atoms with Crippen LogP contribution in [0.5, 0.6) is 5.75 Å². The summed E-state index contributed by atoms with van der Waals surface area (Å²) in [4.78, 5) is 25.7. The predicted octanol–water partition coefficient (Wildman–Crippen LogP) is 5.53. The van der Waals surface area contributed by atoms with E-state index in [0.717, 1.165) is 18.2 Å². The van der Waals surface area contributed by atoms with E-state index >= 15 is 0 Å². The highest BCUT2D eigenvalue weighted by molar-refractivity contribution is 6.32. The van der Waals surface area contributed by atoms with Crippen LogP contribution in [0.3, 0.4) is 0 Å². The molecule has 0 aliphatic rings. The summed E-state index contributed by atoms with van der Waals surface area (Å²) in [6, 6.07) is 9.43. The van der Waals surface area contributed by atoms with Crippen LogP contribution in [0.25, 0.3) is 0 Å². The predicted molar refractivity (Wildman–Crippen MR) is 118 cm³/mol. The molecule has 0 radical (unpaired) electrons. The van der Waals surface area contributed by atoms with Crippen molar-refractivity contribution in [3.05, 3.63) is 64.2 Å². The summed E-state index contributed by atoms with van der Waals surface area (Å²) in [6.07, 6.45) is -4.98. The highest BCUT2D eigenvalue weighted by atomic mass is 35.5. The van der Waals surface area contributed by atoms with E-state index in [1.54, 1.807) is 52.1 Å². The summed E-state index contributed by atoms with van der Waals surface area (Å²) in [7, 11) is 1.57. The van der Waals surface area contributed by atoms with Gasteiger partial charge in [-0.05, 0) is 56.7 Å². The van der Waals surface area contributed by atoms with Gasteiger partial charge in [-0.25, -0.2) is 4.79 Å². The molecule has 10 heteroatoms. The summed E-state index contributed by atoms with van der Waals surface area (Å²) in [5.41, 5.74) is -0.475. The topological polar surface area (TPSA) is 67.9 Å². The second kappa shape index (κ2) is 10.8. The summed E-state index contributed by atoms with van der Waals surface area (Å²) in [5.74, 6) is -0.244. The molecule has 0 atom stereocenters. The van der Waals surface area contributed by atoms with Crippen molar-refractivity contribution in [1.82, 2.24) is 10.2 Å². The lowest BCUT2D eigenvalue weighted by atomic mass is 10.1. The third-order valence-electron chi connectivity index (χ3n) is 4.28. The quantitative estimate of drug-likeness (QED) is 0.558. The summed E-state index contributed by atoms with van der Waals surface area (Å²) in [5, 5.41) is 2.56. The Kier molecular flexibility index (Phi) is 8.60. The average Bonchev–Trinajstić information content (AvgIpc) is 2.71. The van der Waals surface area contributed by atoms with Gasteiger partial charge in [0.15, 0.2) is 0 Å². The van der Waals surface area contributed by atoms with E-state index in [0.29, 0.717) is 11.1 Å². The minimum Gasteiger partial charge on any atom is -0.487 e. The Balaban J connectivity index is 1.90. The largest absolute Gasteiger partial charge is 0.487 e. The number of hydrogen-bond acceptors (Lipinski definition) is 4. The summed E-state index contributed by atoms with van der Waals surface area (Å²) in [6.45, 7) is 5.79. The maximum absolute atomic E-state index is 12.7. The summed E-state index contributed by atoms with van der Waals surface area (Å²) >= 11 is 5.90. The van der Waals surface area contributed by atoms with Crippen molar-refractivity contribution in [3.63, 3.8) is 0 Å². The zero-order valence-corrected chi connectivity index (χ0v) is 19.5. The molecule has 1 N–H and O–H groups in total. The fraction of sp³-hybridized carbons (Fsp3) is 0.391. The Labute approximate surface area is 195 Å². The molecule has 0 bridgehead atoms. The van der Waals surface area contributed by atoms with E-state index in [1.807, 2.05) is 0 Å². The van der Waals surface area contributed by atoms with Crippen molar-refractivity contribution in [2.45, 2.75) is 39.2 Å². The molecular weight excluding hydrogens is 461 g/mol. The molecular formula is C23H26ClF3N2O4. The summed E-state index contributed by atoms with van der Waals surface area (Å²) < 4.78 is 49.0. The van der Waals surface area contributed by atoms with Gasteiger partial charge in [-0.2, -0.15) is 13.2 Å². The van der Waals surface area contributed by atoms with Crippen molar-refractivity contribution in [1.29, 1.82) is 0 Å². The Morgan fingerprint density at radius 1 is 1.09 bits per heavy atom. The number of likely N-dealkylation sites (N-methyl/N-ethyl adjacent to an activating group) is 1. The third kappa shape index (κ3) is 8.49. The molecule has 2 aromatic rings. The molecule has 0 aliphatic heterocycles. The van der Waals surface area contributed by atoms with Crippen molar-refractivity contribution >= 4 is 23.6 Å². The molecule has 0 heterocycles. The highest BCUT2D eigenvalue weighted by Gasteiger charge is 2.31. The van der Waals surface area contributed by atoms with Crippen LogP contribution in [0.2, 0.25) is 5.02 Å². The molecule has 33 heavy (non-hydrogen) atoms. The van der Waals surface area contributed by atoms with Gasteiger partial charge < -0.3 is 19.7 Å². The molecule has 0 saturated heterocycles. The first-order valence-corrected chi connectivity index (χ1v) is 10.4. The van der Waals surface area contributed by atoms with Crippen LogP contribution in [-0.4, -0.2) is 42.6 Å². The normalized spacial score (nSPS) is 11.6. The number of benzene rings is 2. The molecule has 0 aromatic heterocycles. The molecule has 180 valence electrons. The van der Waals surface area contributed by atoms with E-state index in [2.05, 4.69) is 5.32 Å². The van der Waals surface area contributed by atoms with E-state index in [4.69, 9.17) is 21.1 Å². The molecule has 2 amide bonds. The molecule has 0 unspecified atom stereocenters. The number of rotatable bonds is 7. The molecule has 0 saturated carbocycles. The van der Waals surface area contributed by atoms with Crippen LogP contribution < -0.4 is 10.1 Å². The van der Waals surface area contributed by atoms with Crippen molar-refractivity contribution < 1.29 is 32.2 Å². The number of nitrogens with zero attached hydrogens (tertiary/aromatic N) is 1. The first-order chi connectivity index (χ1) is 15.3. The minimum absolute atomic E-state index is 0.00753. The zero-order chi connectivity index (χ0) is 24.8. The van der Waals surface area contributed by atoms with Crippen molar-refractivity contribution in [2.24, 2.45) is 0 Å². The van der Waals surface area contributed by atoms with E-state index in [9.17, 15) is 22.8 Å². The lowest BCUT2D eigenvalue weighted by molar-refractivity contribution is -0.137. The van der Waals surface area contributed by atoms with Crippen molar-refractivity contribution in [3.8, 4) is 5.75 Å². The number of amides is 2.